The summed E-state index contributed by atoms with van der Waals surface area (Å²) < 4.78 is 0. The average Bonchev–Trinajstić information content (AvgIpc) is 2.28. The molecule has 0 aliphatic carbocycles. The summed E-state index contributed by atoms with van der Waals surface area (Å²) in [5.74, 6) is 0.348. The molecule has 1 aliphatic rings. The van der Waals surface area contributed by atoms with E-state index >= 15 is 0 Å². The van der Waals surface area contributed by atoms with Crippen molar-refractivity contribution in [3.63, 3.8) is 0 Å². The van der Waals surface area contributed by atoms with E-state index in [0.29, 0.717) is 17.3 Å². The van der Waals surface area contributed by atoms with Crippen molar-refractivity contribution in [1.29, 1.82) is 0 Å². The number of aromatic nitrogens is 1. The second kappa shape index (κ2) is 4.73. The van der Waals surface area contributed by atoms with Crippen LogP contribution >= 0.6 is 0 Å². The summed E-state index contributed by atoms with van der Waals surface area (Å²) in [7, 11) is 0. The monoisotopic (exact) mass is 234 g/mol. The molecule has 4 nitrogen and oxygen atoms in total. The summed E-state index contributed by atoms with van der Waals surface area (Å²) >= 11 is 0. The lowest BCUT2D eigenvalue weighted by atomic mass is 9.99. The number of carboxylic acid groups (broad SMARTS) is 1. The average molecular weight is 234 g/mol. The maximum atomic E-state index is 11.3. The van der Waals surface area contributed by atoms with E-state index in [2.05, 4.69) is 16.8 Å². The first-order chi connectivity index (χ1) is 8.09. The minimum absolute atomic E-state index is 0.349. The molecule has 2 heterocycles. The van der Waals surface area contributed by atoms with Crippen molar-refractivity contribution in [3.8, 4) is 0 Å². The van der Waals surface area contributed by atoms with E-state index in [9.17, 15) is 9.90 Å². The number of carbonyl (C=O) groups is 1. The Kier molecular flexibility index (Phi) is 3.31. The van der Waals surface area contributed by atoms with Gasteiger partial charge in [0.1, 0.15) is 11.4 Å². The zero-order valence-electron chi connectivity index (χ0n) is 10.3. The molecular weight excluding hydrogens is 216 g/mol. The lowest BCUT2D eigenvalue weighted by Gasteiger charge is -2.32. The molecule has 0 radical (unpaired) electrons. The first kappa shape index (κ1) is 11.9. The molecule has 1 N–H and O–H groups in total. The number of rotatable bonds is 2. The quantitative estimate of drug-likeness (QED) is 0.853. The minimum Gasteiger partial charge on any atom is -0.478 e. The van der Waals surface area contributed by atoms with E-state index < -0.39 is 5.97 Å². The molecule has 0 aromatic carbocycles. The van der Waals surface area contributed by atoms with Crippen LogP contribution in [0.3, 0.4) is 0 Å². The fourth-order valence-corrected chi connectivity index (χ4v) is 2.43. The second-order valence-corrected chi connectivity index (χ2v) is 4.83. The van der Waals surface area contributed by atoms with Crippen molar-refractivity contribution in [2.75, 3.05) is 18.0 Å². The number of anilines is 1. The summed E-state index contributed by atoms with van der Waals surface area (Å²) in [6.07, 6.45) is 4.01. The van der Waals surface area contributed by atoms with Crippen molar-refractivity contribution in [2.45, 2.75) is 26.7 Å². The van der Waals surface area contributed by atoms with Crippen molar-refractivity contribution in [3.05, 3.63) is 23.4 Å². The molecule has 2 rings (SSSR count). The second-order valence-electron chi connectivity index (χ2n) is 4.83. The summed E-state index contributed by atoms with van der Waals surface area (Å²) in [6.45, 7) is 5.82. The van der Waals surface area contributed by atoms with Gasteiger partial charge in [-0.2, -0.15) is 0 Å². The highest BCUT2D eigenvalue weighted by molar-refractivity contribution is 5.95. The van der Waals surface area contributed by atoms with Crippen LogP contribution in [0.4, 0.5) is 5.82 Å². The van der Waals surface area contributed by atoms with Gasteiger partial charge in [0, 0.05) is 19.3 Å². The van der Waals surface area contributed by atoms with E-state index in [1.165, 1.54) is 6.42 Å². The molecule has 4 heteroatoms. The Hall–Kier alpha value is -1.58. The summed E-state index contributed by atoms with van der Waals surface area (Å²) in [4.78, 5) is 17.7. The number of hydrogen-bond acceptors (Lipinski definition) is 3. The predicted molar refractivity (Wildman–Crippen MR) is 66.5 cm³/mol. The number of piperidine rings is 1. The van der Waals surface area contributed by atoms with Crippen molar-refractivity contribution in [1.82, 2.24) is 4.98 Å². The van der Waals surface area contributed by atoms with Gasteiger partial charge in [-0.25, -0.2) is 9.78 Å². The van der Waals surface area contributed by atoms with Gasteiger partial charge in [-0.15, -0.1) is 0 Å². The summed E-state index contributed by atoms with van der Waals surface area (Å²) in [5.41, 5.74) is 1.13. The molecule has 17 heavy (non-hydrogen) atoms. The van der Waals surface area contributed by atoms with Gasteiger partial charge in [0.2, 0.25) is 0 Å². The van der Waals surface area contributed by atoms with Crippen LogP contribution in [0, 0.1) is 12.8 Å². The Morgan fingerprint density at radius 2 is 2.35 bits per heavy atom. The molecule has 0 spiro atoms. The number of nitrogens with zero attached hydrogens (tertiary/aromatic N) is 2. The molecule has 0 bridgehead atoms. The molecule has 1 saturated heterocycles. The van der Waals surface area contributed by atoms with E-state index in [-0.39, 0.29) is 0 Å². The minimum atomic E-state index is -0.885. The third kappa shape index (κ3) is 2.40. The fourth-order valence-electron chi connectivity index (χ4n) is 2.43. The highest BCUT2D eigenvalue weighted by atomic mass is 16.4. The highest BCUT2D eigenvalue weighted by Crippen LogP contribution is 2.26. The maximum absolute atomic E-state index is 11.3. The Labute approximate surface area is 101 Å². The number of carboxylic acids is 1. The molecule has 1 atom stereocenters. The van der Waals surface area contributed by atoms with Crippen LogP contribution < -0.4 is 4.90 Å². The van der Waals surface area contributed by atoms with Crippen LogP contribution in [0.5, 0.6) is 0 Å². The molecule has 1 aliphatic heterocycles. The van der Waals surface area contributed by atoms with Crippen LogP contribution in [-0.2, 0) is 0 Å². The zero-order valence-corrected chi connectivity index (χ0v) is 10.3. The number of aryl methyl sites for hydroxylation is 1. The van der Waals surface area contributed by atoms with E-state index in [1.807, 2.05) is 6.92 Å². The largest absolute Gasteiger partial charge is 0.478 e. The van der Waals surface area contributed by atoms with Gasteiger partial charge in [0.25, 0.3) is 0 Å². The predicted octanol–water partition coefficient (Wildman–Crippen LogP) is 2.32. The first-order valence-corrected chi connectivity index (χ1v) is 6.03. The van der Waals surface area contributed by atoms with E-state index in [4.69, 9.17) is 0 Å². The third-order valence-electron chi connectivity index (χ3n) is 3.31. The lowest BCUT2D eigenvalue weighted by molar-refractivity contribution is 0.0696. The highest BCUT2D eigenvalue weighted by Gasteiger charge is 2.23. The van der Waals surface area contributed by atoms with Crippen molar-refractivity contribution >= 4 is 11.8 Å². The van der Waals surface area contributed by atoms with Gasteiger partial charge >= 0.3 is 5.97 Å². The van der Waals surface area contributed by atoms with Gasteiger partial charge < -0.3 is 10.0 Å². The van der Waals surface area contributed by atoms with Gasteiger partial charge in [-0.05, 0) is 37.3 Å². The van der Waals surface area contributed by atoms with Crippen molar-refractivity contribution < 1.29 is 9.90 Å². The summed E-state index contributed by atoms with van der Waals surface area (Å²) in [5, 5.41) is 9.28. The van der Waals surface area contributed by atoms with Gasteiger partial charge in [-0.3, -0.25) is 0 Å². The number of pyridine rings is 1. The molecule has 0 amide bonds. The smallest absolute Gasteiger partial charge is 0.339 e. The maximum Gasteiger partial charge on any atom is 0.339 e. The first-order valence-electron chi connectivity index (χ1n) is 6.03. The normalized spacial score (nSPS) is 20.4. The van der Waals surface area contributed by atoms with Crippen LogP contribution in [0.1, 0.15) is 35.7 Å². The SMILES string of the molecule is Cc1ccnc(N2CCCC(C)C2)c1C(=O)O. The molecular formula is C13H18N2O2. The summed E-state index contributed by atoms with van der Waals surface area (Å²) in [6, 6.07) is 1.75. The van der Waals surface area contributed by atoms with E-state index in [1.54, 1.807) is 12.3 Å². The molecule has 92 valence electrons. The van der Waals surface area contributed by atoms with Crippen LogP contribution in [0.2, 0.25) is 0 Å². The van der Waals surface area contributed by atoms with Gasteiger partial charge in [-0.1, -0.05) is 6.92 Å². The molecule has 0 saturated carbocycles. The topological polar surface area (TPSA) is 53.4 Å². The van der Waals surface area contributed by atoms with Crippen LogP contribution in [-0.4, -0.2) is 29.1 Å². The van der Waals surface area contributed by atoms with Crippen molar-refractivity contribution in [2.24, 2.45) is 5.92 Å². The Balaban J connectivity index is 2.37. The fraction of sp³-hybridized carbons (Fsp3) is 0.538. The molecule has 1 unspecified atom stereocenters. The Bertz CT molecular complexity index is 431. The zero-order chi connectivity index (χ0) is 12.4. The molecule has 1 fully saturated rings. The van der Waals surface area contributed by atoms with Gasteiger partial charge in [0.05, 0.1) is 0 Å². The standard InChI is InChI=1S/C13H18N2O2/c1-9-4-3-7-15(8-9)12-11(13(16)17)10(2)5-6-14-12/h5-6,9H,3-4,7-8H2,1-2H3,(H,16,17). The van der Waals surface area contributed by atoms with Gasteiger partial charge in [0.15, 0.2) is 0 Å². The number of hydrogen-bond donors (Lipinski definition) is 1. The van der Waals surface area contributed by atoms with Crippen LogP contribution in [0.15, 0.2) is 12.3 Å². The van der Waals surface area contributed by atoms with E-state index in [0.717, 1.165) is 25.1 Å². The Morgan fingerprint density at radius 3 is 3.00 bits per heavy atom. The Morgan fingerprint density at radius 1 is 1.59 bits per heavy atom. The lowest BCUT2D eigenvalue weighted by Crippen LogP contribution is -2.36. The molecule has 1 aromatic rings. The number of aromatic carboxylic acids is 1. The van der Waals surface area contributed by atoms with Crippen LogP contribution in [0.25, 0.3) is 0 Å². The third-order valence-corrected chi connectivity index (χ3v) is 3.31. The molecule has 1 aromatic heterocycles.